The minimum Gasteiger partial charge on any atom is -0.493 e. The van der Waals surface area contributed by atoms with Crippen LogP contribution in [0.3, 0.4) is 0 Å². The Morgan fingerprint density at radius 2 is 1.45 bits per heavy atom. The maximum Gasteiger partial charge on any atom is 0.253 e. The van der Waals surface area contributed by atoms with Gasteiger partial charge in [0.1, 0.15) is 6.17 Å². The number of carbonyl (C=O) groups excluding carboxylic acids is 2. The molecule has 0 aliphatic rings. The fourth-order valence-electron chi connectivity index (χ4n) is 2.71. The summed E-state index contributed by atoms with van der Waals surface area (Å²) in [6.07, 6.45) is -1.20. The minimum absolute atomic E-state index is 0.0620. The molecule has 3 N–H and O–H groups in total. The highest BCUT2D eigenvalue weighted by Gasteiger charge is 2.35. The summed E-state index contributed by atoms with van der Waals surface area (Å²) in [4.78, 5) is 24.3. The Bertz CT molecular complexity index is 1000. The van der Waals surface area contributed by atoms with E-state index in [1.807, 2.05) is 0 Å². The number of thiocarbonyl (C=S) groups is 1. The molecule has 0 saturated heterocycles. The summed E-state index contributed by atoms with van der Waals surface area (Å²) in [5, 5.41) is 8.32. The highest BCUT2D eigenvalue weighted by atomic mass is 35.6. The van der Waals surface area contributed by atoms with Gasteiger partial charge in [0.2, 0.25) is 9.54 Å². The fraction of sp³-hybridized carbons (Fsp3) is 0.286. The molecule has 2 aromatic carbocycles. The number of hydrogen-bond donors (Lipinski definition) is 3. The number of rotatable bonds is 8. The molecule has 12 heteroatoms. The smallest absolute Gasteiger partial charge is 0.253 e. The number of alkyl halides is 3. The van der Waals surface area contributed by atoms with Crippen molar-refractivity contribution < 1.29 is 23.8 Å². The van der Waals surface area contributed by atoms with E-state index in [0.29, 0.717) is 17.0 Å². The second kappa shape index (κ2) is 11.6. The molecule has 0 aromatic heterocycles. The summed E-state index contributed by atoms with van der Waals surface area (Å²) in [6, 6.07) is 9.55. The van der Waals surface area contributed by atoms with Gasteiger partial charge in [0.25, 0.3) is 5.91 Å². The number of benzene rings is 2. The molecule has 0 fully saturated rings. The van der Waals surface area contributed by atoms with Crippen molar-refractivity contribution in [1.29, 1.82) is 0 Å². The fourth-order valence-corrected chi connectivity index (χ4v) is 3.28. The van der Waals surface area contributed by atoms with Crippen LogP contribution in [-0.4, -0.2) is 48.1 Å². The van der Waals surface area contributed by atoms with Gasteiger partial charge in [0, 0.05) is 16.8 Å². The molecule has 0 spiro atoms. The van der Waals surface area contributed by atoms with Gasteiger partial charge in [-0.15, -0.1) is 0 Å². The molecule has 178 valence electrons. The van der Waals surface area contributed by atoms with Crippen LogP contribution in [0.5, 0.6) is 17.2 Å². The summed E-state index contributed by atoms with van der Waals surface area (Å²) in [6.45, 7) is 1.47. The molecular weight excluding hydrogens is 513 g/mol. The van der Waals surface area contributed by atoms with Gasteiger partial charge >= 0.3 is 0 Å². The lowest BCUT2D eigenvalue weighted by molar-refractivity contribution is 0.0933. The summed E-state index contributed by atoms with van der Waals surface area (Å²) in [7, 11) is 4.31. The number of halogens is 3. The maximum atomic E-state index is 12.9. The van der Waals surface area contributed by atoms with Crippen molar-refractivity contribution in [3.63, 3.8) is 0 Å². The van der Waals surface area contributed by atoms with E-state index in [-0.39, 0.29) is 28.0 Å². The van der Waals surface area contributed by atoms with Crippen molar-refractivity contribution in [2.24, 2.45) is 0 Å². The van der Waals surface area contributed by atoms with E-state index in [2.05, 4.69) is 16.0 Å². The Balaban J connectivity index is 2.18. The third-order valence-corrected chi connectivity index (χ3v) is 5.23. The van der Waals surface area contributed by atoms with Crippen molar-refractivity contribution in [3.05, 3.63) is 47.5 Å². The normalized spacial score (nSPS) is 11.7. The number of amides is 1. The van der Waals surface area contributed by atoms with E-state index >= 15 is 0 Å². The van der Waals surface area contributed by atoms with Crippen molar-refractivity contribution in [3.8, 4) is 17.2 Å². The zero-order valence-corrected chi connectivity index (χ0v) is 21.2. The van der Waals surface area contributed by atoms with E-state index in [9.17, 15) is 9.59 Å². The van der Waals surface area contributed by atoms with Crippen molar-refractivity contribution in [2.45, 2.75) is 16.9 Å². The summed E-state index contributed by atoms with van der Waals surface area (Å²) < 4.78 is 13.8. The van der Waals surface area contributed by atoms with Crippen LogP contribution in [0.2, 0.25) is 0 Å². The molecule has 0 aliphatic heterocycles. The monoisotopic (exact) mass is 533 g/mol. The zero-order valence-electron chi connectivity index (χ0n) is 18.1. The van der Waals surface area contributed by atoms with Crippen LogP contribution >= 0.6 is 47.0 Å². The Kier molecular flexibility index (Phi) is 9.42. The highest BCUT2D eigenvalue weighted by Crippen LogP contribution is 2.38. The number of ether oxygens (including phenoxy) is 3. The second-order valence-electron chi connectivity index (χ2n) is 6.59. The van der Waals surface area contributed by atoms with Crippen LogP contribution in [-0.2, 0) is 0 Å². The topological polar surface area (TPSA) is 97.9 Å². The lowest BCUT2D eigenvalue weighted by Crippen LogP contribution is -2.56. The molecule has 1 atom stereocenters. The largest absolute Gasteiger partial charge is 0.493 e. The predicted molar refractivity (Wildman–Crippen MR) is 133 cm³/mol. The standard InChI is InChI=1S/C21H22Cl3N3O5S/c1-11(28)12-5-7-14(8-6-12)25-20(33)27-19(21(22,23)24)26-18(29)13-9-15(30-2)17(32-4)16(10-13)31-3/h5-10,19H,1-4H3,(H,26,29)(H2,25,27,33). The summed E-state index contributed by atoms with van der Waals surface area (Å²) in [5.41, 5.74) is 1.32. The van der Waals surface area contributed by atoms with Gasteiger partial charge in [-0.2, -0.15) is 0 Å². The molecule has 0 aliphatic carbocycles. The predicted octanol–water partition coefficient (Wildman–Crippen LogP) is 4.33. The number of carbonyl (C=O) groups is 2. The van der Waals surface area contributed by atoms with Gasteiger partial charge in [-0.25, -0.2) is 0 Å². The number of hydrogen-bond acceptors (Lipinski definition) is 6. The van der Waals surface area contributed by atoms with Crippen LogP contribution in [0.1, 0.15) is 27.6 Å². The van der Waals surface area contributed by atoms with E-state index in [1.54, 1.807) is 24.3 Å². The first-order chi connectivity index (χ1) is 15.5. The van der Waals surface area contributed by atoms with Gasteiger partial charge in [-0.1, -0.05) is 34.8 Å². The number of Topliss-reactive ketones (excluding diaryl/α,β-unsaturated/α-hetero) is 1. The van der Waals surface area contributed by atoms with Crippen LogP contribution in [0, 0.1) is 0 Å². The van der Waals surface area contributed by atoms with Gasteiger partial charge in [-0.3, -0.25) is 9.59 Å². The van der Waals surface area contributed by atoms with Gasteiger partial charge in [-0.05, 0) is 55.5 Å². The first kappa shape index (κ1) is 26.8. The summed E-state index contributed by atoms with van der Waals surface area (Å²) >= 11 is 23.4. The van der Waals surface area contributed by atoms with E-state index in [0.717, 1.165) is 0 Å². The maximum absolute atomic E-state index is 12.9. The lowest BCUT2D eigenvalue weighted by Gasteiger charge is -2.28. The van der Waals surface area contributed by atoms with Gasteiger partial charge in [0.05, 0.1) is 21.3 Å². The first-order valence-corrected chi connectivity index (χ1v) is 10.9. The third-order valence-electron chi connectivity index (χ3n) is 4.35. The number of methoxy groups -OCH3 is 3. The molecule has 2 aromatic rings. The van der Waals surface area contributed by atoms with E-state index in [1.165, 1.54) is 40.4 Å². The second-order valence-corrected chi connectivity index (χ2v) is 9.37. The molecule has 0 saturated carbocycles. The van der Waals surface area contributed by atoms with E-state index in [4.69, 9.17) is 61.2 Å². The number of anilines is 1. The molecule has 0 heterocycles. The van der Waals surface area contributed by atoms with Crippen molar-refractivity contribution in [2.75, 3.05) is 26.6 Å². The Hall–Kier alpha value is -2.46. The Morgan fingerprint density at radius 3 is 1.88 bits per heavy atom. The molecule has 2 rings (SSSR count). The summed E-state index contributed by atoms with van der Waals surface area (Å²) in [5.74, 6) is 0.242. The first-order valence-electron chi connectivity index (χ1n) is 9.36. The molecule has 8 nitrogen and oxygen atoms in total. The zero-order chi connectivity index (χ0) is 24.8. The highest BCUT2D eigenvalue weighted by molar-refractivity contribution is 7.80. The molecule has 33 heavy (non-hydrogen) atoms. The Labute approximate surface area is 211 Å². The quantitative estimate of drug-likeness (QED) is 0.199. The molecule has 0 bridgehead atoms. The van der Waals surface area contributed by atoms with Gasteiger partial charge < -0.3 is 30.2 Å². The number of ketones is 1. The number of nitrogens with one attached hydrogen (secondary N) is 3. The third kappa shape index (κ3) is 7.26. The molecule has 0 radical (unpaired) electrons. The van der Waals surface area contributed by atoms with Crippen LogP contribution in [0.4, 0.5) is 5.69 Å². The lowest BCUT2D eigenvalue weighted by atomic mass is 10.1. The molecular formula is C21H22Cl3N3O5S. The Morgan fingerprint density at radius 1 is 0.909 bits per heavy atom. The molecule has 1 amide bonds. The van der Waals surface area contributed by atoms with Gasteiger partial charge in [0.15, 0.2) is 22.4 Å². The minimum atomic E-state index is -1.96. The average Bonchev–Trinajstić information content (AvgIpc) is 2.77. The average molecular weight is 535 g/mol. The van der Waals surface area contributed by atoms with Crippen molar-refractivity contribution in [1.82, 2.24) is 10.6 Å². The molecule has 1 unspecified atom stereocenters. The van der Waals surface area contributed by atoms with Crippen LogP contribution in [0.15, 0.2) is 36.4 Å². The van der Waals surface area contributed by atoms with Crippen molar-refractivity contribution >= 4 is 69.5 Å². The van der Waals surface area contributed by atoms with Crippen LogP contribution in [0.25, 0.3) is 0 Å². The SMILES string of the molecule is COc1cc(C(=O)NC(NC(=S)Nc2ccc(C(C)=O)cc2)C(Cl)(Cl)Cl)cc(OC)c1OC. The van der Waals surface area contributed by atoms with Crippen LogP contribution < -0.4 is 30.2 Å². The van der Waals surface area contributed by atoms with E-state index < -0.39 is 15.9 Å².